The fourth-order valence-corrected chi connectivity index (χ4v) is 2.75. The summed E-state index contributed by atoms with van der Waals surface area (Å²) in [6.45, 7) is 0. The Morgan fingerprint density at radius 2 is 2.12 bits per heavy atom. The molecule has 0 aromatic heterocycles. The molecular weight excluding hydrogens is 208 g/mol. The van der Waals surface area contributed by atoms with Crippen molar-refractivity contribution in [3.05, 3.63) is 45.7 Å². The monoisotopic (exact) mass is 218 g/mol. The van der Waals surface area contributed by atoms with Crippen molar-refractivity contribution in [2.75, 3.05) is 7.05 Å². The molecule has 0 aromatic rings. The third-order valence-electron chi connectivity index (χ3n) is 3.65. The highest BCUT2D eigenvalue weighted by molar-refractivity contribution is 5.97. The Labute approximate surface area is 91.9 Å². The molecule has 1 heterocycles. The summed E-state index contributed by atoms with van der Waals surface area (Å²) >= 11 is 0. The number of rotatable bonds is 1. The predicted octanol–water partition coefficient (Wildman–Crippen LogP) is 0.874. The Bertz CT molecular complexity index is 487. The van der Waals surface area contributed by atoms with Gasteiger partial charge in [0.05, 0.1) is 4.92 Å². The molecule has 0 aromatic carbocycles. The number of nitro groups is 1. The average molecular weight is 218 g/mol. The second-order valence-corrected chi connectivity index (χ2v) is 4.36. The van der Waals surface area contributed by atoms with E-state index in [0.717, 1.165) is 0 Å². The molecule has 3 aliphatic carbocycles. The number of amides is 1. The highest BCUT2D eigenvalue weighted by Gasteiger charge is 2.55. The summed E-state index contributed by atoms with van der Waals surface area (Å²) in [5, 5.41) is 10.9. The molecule has 2 bridgehead atoms. The Morgan fingerprint density at radius 1 is 1.50 bits per heavy atom. The van der Waals surface area contributed by atoms with Crippen LogP contribution >= 0.6 is 0 Å². The summed E-state index contributed by atoms with van der Waals surface area (Å²) in [5.74, 6) is -0.289. The van der Waals surface area contributed by atoms with Gasteiger partial charge in [0.2, 0.25) is 0 Å². The summed E-state index contributed by atoms with van der Waals surface area (Å²) in [7, 11) is 1.61. The number of likely N-dealkylation sites (N-methyl/N-ethyl adjacent to an activating group) is 1. The van der Waals surface area contributed by atoms with Gasteiger partial charge in [-0.05, 0) is 12.3 Å². The van der Waals surface area contributed by atoms with Crippen molar-refractivity contribution in [2.45, 2.75) is 12.0 Å². The molecule has 0 saturated heterocycles. The van der Waals surface area contributed by atoms with Gasteiger partial charge in [-0.25, -0.2) is 0 Å². The molecule has 5 heteroatoms. The average Bonchev–Trinajstić information content (AvgIpc) is 2.50. The molecule has 0 fully saturated rings. The van der Waals surface area contributed by atoms with Gasteiger partial charge in [-0.2, -0.15) is 0 Å². The smallest absolute Gasteiger partial charge is 0.320 e. The van der Waals surface area contributed by atoms with Crippen LogP contribution in [0, 0.1) is 16.0 Å². The first-order valence-corrected chi connectivity index (χ1v) is 5.11. The Kier molecular flexibility index (Phi) is 1.52. The van der Waals surface area contributed by atoms with Gasteiger partial charge >= 0.3 is 11.6 Å². The lowest BCUT2D eigenvalue weighted by Crippen LogP contribution is -2.46. The predicted molar refractivity (Wildman–Crippen MR) is 55.9 cm³/mol. The molecule has 1 amide bonds. The van der Waals surface area contributed by atoms with E-state index in [1.807, 2.05) is 24.3 Å². The van der Waals surface area contributed by atoms with Crippen molar-refractivity contribution in [3.8, 4) is 0 Å². The minimum absolute atomic E-state index is 0.200. The molecule has 0 saturated carbocycles. The summed E-state index contributed by atoms with van der Waals surface area (Å²) in [5.41, 5.74) is -0.255. The maximum atomic E-state index is 11.9. The number of nitrogens with zero attached hydrogens (tertiary/aromatic N) is 2. The molecule has 0 unspecified atom stereocenters. The van der Waals surface area contributed by atoms with Crippen LogP contribution in [0.5, 0.6) is 0 Å². The molecule has 0 N–H and O–H groups in total. The highest BCUT2D eigenvalue weighted by atomic mass is 16.6. The lowest BCUT2D eigenvalue weighted by molar-refractivity contribution is -0.419. The molecule has 0 radical (unpaired) electrons. The fourth-order valence-electron chi connectivity index (χ4n) is 2.75. The van der Waals surface area contributed by atoms with Crippen LogP contribution in [-0.2, 0) is 4.79 Å². The van der Waals surface area contributed by atoms with Gasteiger partial charge in [-0.15, -0.1) is 0 Å². The molecule has 1 aliphatic heterocycles. The second-order valence-electron chi connectivity index (χ2n) is 4.36. The fraction of sp³-hybridized carbons (Fsp3) is 0.364. The molecule has 1 spiro atoms. The van der Waals surface area contributed by atoms with Crippen LogP contribution in [0.1, 0.15) is 6.42 Å². The minimum atomic E-state index is -0.658. The summed E-state index contributed by atoms with van der Waals surface area (Å²) in [6.07, 6.45) is 8.39. The van der Waals surface area contributed by atoms with Crippen molar-refractivity contribution >= 4 is 5.91 Å². The van der Waals surface area contributed by atoms with Crippen molar-refractivity contribution in [3.63, 3.8) is 0 Å². The van der Waals surface area contributed by atoms with Crippen LogP contribution in [0.4, 0.5) is 0 Å². The van der Waals surface area contributed by atoms with Crippen molar-refractivity contribution in [1.82, 2.24) is 4.90 Å². The third-order valence-corrected chi connectivity index (χ3v) is 3.65. The van der Waals surface area contributed by atoms with Gasteiger partial charge in [-0.1, -0.05) is 24.3 Å². The van der Waals surface area contributed by atoms with E-state index in [0.29, 0.717) is 12.0 Å². The molecular formula is C11H10N2O3. The molecule has 4 aliphatic rings. The van der Waals surface area contributed by atoms with E-state index in [1.165, 1.54) is 4.90 Å². The topological polar surface area (TPSA) is 63.5 Å². The number of allylic oxidation sites excluding steroid dienone is 2. The number of carbonyl (C=O) groups excluding carboxylic acids is 1. The van der Waals surface area contributed by atoms with E-state index in [2.05, 4.69) is 0 Å². The van der Waals surface area contributed by atoms with Gasteiger partial charge in [0.1, 0.15) is 5.54 Å². The van der Waals surface area contributed by atoms with E-state index in [9.17, 15) is 14.9 Å². The molecule has 16 heavy (non-hydrogen) atoms. The van der Waals surface area contributed by atoms with E-state index in [4.69, 9.17) is 0 Å². The normalized spacial score (nSPS) is 34.9. The Hall–Kier alpha value is -1.91. The van der Waals surface area contributed by atoms with Gasteiger partial charge < -0.3 is 4.90 Å². The molecule has 5 nitrogen and oxygen atoms in total. The van der Waals surface area contributed by atoms with Crippen LogP contribution in [0.3, 0.4) is 0 Å². The minimum Gasteiger partial charge on any atom is -0.320 e. The lowest BCUT2D eigenvalue weighted by atomic mass is 9.73. The van der Waals surface area contributed by atoms with Crippen LogP contribution < -0.4 is 0 Å². The van der Waals surface area contributed by atoms with Crippen molar-refractivity contribution in [1.29, 1.82) is 0 Å². The largest absolute Gasteiger partial charge is 0.335 e. The molecule has 4 rings (SSSR count). The number of carbonyl (C=O) groups is 1. The zero-order valence-electron chi connectivity index (χ0n) is 8.71. The van der Waals surface area contributed by atoms with Crippen molar-refractivity contribution < 1.29 is 9.72 Å². The standard InChI is InChI=1S/C11H10N2O3/c1-12-10(14)9(13(15)16)8-6-7-2-4-11(8,12)5-3-7/h2-5,7H,6H2,1H3. The van der Waals surface area contributed by atoms with Gasteiger partial charge in [0.15, 0.2) is 0 Å². The lowest BCUT2D eigenvalue weighted by Gasteiger charge is -2.39. The number of hydrogen-bond donors (Lipinski definition) is 0. The van der Waals surface area contributed by atoms with E-state index >= 15 is 0 Å². The molecule has 82 valence electrons. The zero-order chi connectivity index (χ0) is 11.5. The van der Waals surface area contributed by atoms with Crippen molar-refractivity contribution in [2.24, 2.45) is 5.92 Å². The second kappa shape index (κ2) is 2.61. The van der Waals surface area contributed by atoms with E-state index < -0.39 is 16.4 Å². The van der Waals surface area contributed by atoms with Crippen LogP contribution in [0.2, 0.25) is 0 Å². The number of hydrogen-bond acceptors (Lipinski definition) is 3. The Morgan fingerprint density at radius 3 is 2.69 bits per heavy atom. The first-order valence-electron chi connectivity index (χ1n) is 5.11. The first kappa shape index (κ1) is 9.33. The summed E-state index contributed by atoms with van der Waals surface area (Å²) in [4.78, 5) is 23.7. The van der Waals surface area contributed by atoms with Crippen LogP contribution in [0.25, 0.3) is 0 Å². The zero-order valence-corrected chi connectivity index (χ0v) is 8.71. The molecule has 0 atom stereocenters. The maximum absolute atomic E-state index is 11.9. The highest BCUT2D eigenvalue weighted by Crippen LogP contribution is 2.47. The van der Waals surface area contributed by atoms with Gasteiger partial charge in [0.25, 0.3) is 0 Å². The van der Waals surface area contributed by atoms with Crippen LogP contribution in [-0.4, -0.2) is 28.3 Å². The maximum Gasteiger partial charge on any atom is 0.335 e. The van der Waals surface area contributed by atoms with E-state index in [1.54, 1.807) is 7.05 Å². The first-order chi connectivity index (χ1) is 7.56. The SMILES string of the molecule is CN1C(=O)C([N+](=O)[O-])=C2CC3C=CC21C=C3. The summed E-state index contributed by atoms with van der Waals surface area (Å²) in [6, 6.07) is 0. The summed E-state index contributed by atoms with van der Waals surface area (Å²) < 4.78 is 0. The quantitative estimate of drug-likeness (QED) is 0.372. The van der Waals surface area contributed by atoms with Crippen LogP contribution in [0.15, 0.2) is 35.6 Å². The van der Waals surface area contributed by atoms with Gasteiger partial charge in [-0.3, -0.25) is 14.9 Å². The third kappa shape index (κ3) is 0.839. The Balaban J connectivity index is 2.28. The van der Waals surface area contributed by atoms with Gasteiger partial charge in [0, 0.05) is 12.6 Å². The van der Waals surface area contributed by atoms with E-state index in [-0.39, 0.29) is 11.6 Å².